The van der Waals surface area contributed by atoms with E-state index in [9.17, 15) is 9.59 Å². The number of hydrogen-bond acceptors (Lipinski definition) is 5. The van der Waals surface area contributed by atoms with Gasteiger partial charge in [0.2, 0.25) is 17.7 Å². The SMILES string of the molecule is O=C1CCC(C(=O)N2CCCC(Oc3cnccn3)C2)N1. The summed E-state index contributed by atoms with van der Waals surface area (Å²) in [5.74, 6) is 0.428. The second-order valence-electron chi connectivity index (χ2n) is 5.37. The smallest absolute Gasteiger partial charge is 0.245 e. The highest BCUT2D eigenvalue weighted by atomic mass is 16.5. The van der Waals surface area contributed by atoms with Crippen LogP contribution in [0.2, 0.25) is 0 Å². The maximum atomic E-state index is 12.4. The first kappa shape index (κ1) is 13.8. The van der Waals surface area contributed by atoms with Crippen molar-refractivity contribution in [2.75, 3.05) is 13.1 Å². The molecule has 2 fully saturated rings. The molecule has 0 aliphatic carbocycles. The third-order valence-corrected chi connectivity index (χ3v) is 3.81. The summed E-state index contributed by atoms with van der Waals surface area (Å²) in [5.41, 5.74) is 0. The number of piperidine rings is 1. The number of likely N-dealkylation sites (tertiary alicyclic amines) is 1. The quantitative estimate of drug-likeness (QED) is 0.855. The number of nitrogens with one attached hydrogen (secondary N) is 1. The van der Waals surface area contributed by atoms with Crippen LogP contribution in [-0.4, -0.2) is 51.9 Å². The highest BCUT2D eigenvalue weighted by Crippen LogP contribution is 2.18. The lowest BCUT2D eigenvalue weighted by molar-refractivity contribution is -0.136. The molecule has 2 unspecified atom stereocenters. The lowest BCUT2D eigenvalue weighted by atomic mass is 10.1. The number of amides is 2. The molecular formula is C14H18N4O3. The first-order valence-corrected chi connectivity index (χ1v) is 7.23. The van der Waals surface area contributed by atoms with E-state index in [1.807, 2.05) is 0 Å². The van der Waals surface area contributed by atoms with Crippen LogP contribution in [0.15, 0.2) is 18.6 Å². The molecule has 2 aliphatic rings. The first-order valence-electron chi connectivity index (χ1n) is 7.23. The third-order valence-electron chi connectivity index (χ3n) is 3.81. The Kier molecular flexibility index (Phi) is 3.98. The zero-order valence-corrected chi connectivity index (χ0v) is 11.7. The van der Waals surface area contributed by atoms with E-state index < -0.39 is 0 Å². The molecule has 2 saturated heterocycles. The van der Waals surface area contributed by atoms with Gasteiger partial charge in [0.15, 0.2) is 0 Å². The molecule has 0 aromatic carbocycles. The van der Waals surface area contributed by atoms with Crippen LogP contribution in [0.4, 0.5) is 0 Å². The summed E-state index contributed by atoms with van der Waals surface area (Å²) in [6.45, 7) is 1.24. The van der Waals surface area contributed by atoms with Crippen LogP contribution in [0, 0.1) is 0 Å². The van der Waals surface area contributed by atoms with Gasteiger partial charge in [0.25, 0.3) is 0 Å². The number of aromatic nitrogens is 2. The van der Waals surface area contributed by atoms with E-state index in [2.05, 4.69) is 15.3 Å². The number of carbonyl (C=O) groups is 2. The van der Waals surface area contributed by atoms with Gasteiger partial charge in [-0.15, -0.1) is 0 Å². The molecule has 2 atom stereocenters. The largest absolute Gasteiger partial charge is 0.471 e. The Labute approximate surface area is 122 Å². The summed E-state index contributed by atoms with van der Waals surface area (Å²) >= 11 is 0. The highest BCUT2D eigenvalue weighted by Gasteiger charge is 2.33. The average Bonchev–Trinajstić information content (AvgIpc) is 2.94. The van der Waals surface area contributed by atoms with Crippen LogP contribution >= 0.6 is 0 Å². The van der Waals surface area contributed by atoms with Gasteiger partial charge in [-0.2, -0.15) is 0 Å². The third kappa shape index (κ3) is 3.29. The molecule has 0 radical (unpaired) electrons. The van der Waals surface area contributed by atoms with Crippen molar-refractivity contribution in [2.45, 2.75) is 37.8 Å². The molecule has 112 valence electrons. The van der Waals surface area contributed by atoms with E-state index in [-0.39, 0.29) is 24.0 Å². The summed E-state index contributed by atoms with van der Waals surface area (Å²) in [6, 6.07) is -0.368. The Morgan fingerprint density at radius 2 is 2.29 bits per heavy atom. The number of nitrogens with zero attached hydrogens (tertiary/aromatic N) is 3. The fourth-order valence-corrected chi connectivity index (χ4v) is 2.77. The van der Waals surface area contributed by atoms with Crippen molar-refractivity contribution in [2.24, 2.45) is 0 Å². The maximum absolute atomic E-state index is 12.4. The van der Waals surface area contributed by atoms with Crippen LogP contribution in [0.3, 0.4) is 0 Å². The fourth-order valence-electron chi connectivity index (χ4n) is 2.77. The van der Waals surface area contributed by atoms with E-state index in [0.717, 1.165) is 12.8 Å². The minimum atomic E-state index is -0.368. The predicted octanol–water partition coefficient (Wildman–Crippen LogP) is 0.125. The number of rotatable bonds is 3. The minimum absolute atomic E-state index is 0.00621. The summed E-state index contributed by atoms with van der Waals surface area (Å²) in [4.78, 5) is 33.4. The van der Waals surface area contributed by atoms with Gasteiger partial charge in [-0.05, 0) is 19.3 Å². The zero-order valence-electron chi connectivity index (χ0n) is 11.7. The topological polar surface area (TPSA) is 84.4 Å². The van der Waals surface area contributed by atoms with Crippen LogP contribution in [0.1, 0.15) is 25.7 Å². The summed E-state index contributed by atoms with van der Waals surface area (Å²) in [6.07, 6.45) is 7.46. The Balaban J connectivity index is 1.58. The normalized spacial score (nSPS) is 25.5. The van der Waals surface area contributed by atoms with Gasteiger partial charge in [-0.1, -0.05) is 0 Å². The lowest BCUT2D eigenvalue weighted by Gasteiger charge is -2.33. The monoisotopic (exact) mass is 290 g/mol. The molecule has 3 heterocycles. The van der Waals surface area contributed by atoms with Crippen LogP contribution in [0.25, 0.3) is 0 Å². The van der Waals surface area contributed by atoms with Crippen LogP contribution < -0.4 is 10.1 Å². The van der Waals surface area contributed by atoms with Crippen molar-refractivity contribution in [3.8, 4) is 5.88 Å². The van der Waals surface area contributed by atoms with Crippen molar-refractivity contribution in [3.63, 3.8) is 0 Å². The van der Waals surface area contributed by atoms with Gasteiger partial charge in [0, 0.05) is 25.4 Å². The van der Waals surface area contributed by atoms with Crippen LogP contribution in [-0.2, 0) is 9.59 Å². The Morgan fingerprint density at radius 3 is 3.00 bits per heavy atom. The summed E-state index contributed by atoms with van der Waals surface area (Å²) in [5, 5.41) is 2.72. The minimum Gasteiger partial charge on any atom is -0.471 e. The molecule has 21 heavy (non-hydrogen) atoms. The molecule has 1 aromatic rings. The number of ether oxygens (including phenoxy) is 1. The molecule has 2 amide bonds. The number of hydrogen-bond donors (Lipinski definition) is 1. The molecule has 3 rings (SSSR count). The number of carbonyl (C=O) groups excluding carboxylic acids is 2. The van der Waals surface area contributed by atoms with E-state index in [0.29, 0.717) is 31.8 Å². The van der Waals surface area contributed by atoms with Gasteiger partial charge in [0.05, 0.1) is 12.7 Å². The van der Waals surface area contributed by atoms with Gasteiger partial charge >= 0.3 is 0 Å². The Morgan fingerprint density at radius 1 is 1.38 bits per heavy atom. The van der Waals surface area contributed by atoms with Gasteiger partial charge in [-0.3, -0.25) is 14.6 Å². The molecule has 2 aliphatic heterocycles. The van der Waals surface area contributed by atoms with Crippen molar-refractivity contribution < 1.29 is 14.3 Å². The second kappa shape index (κ2) is 6.07. The van der Waals surface area contributed by atoms with Gasteiger partial charge < -0.3 is 15.0 Å². The molecule has 7 nitrogen and oxygen atoms in total. The van der Waals surface area contributed by atoms with Gasteiger partial charge in [0.1, 0.15) is 12.1 Å². The molecule has 0 saturated carbocycles. The molecule has 0 bridgehead atoms. The fraction of sp³-hybridized carbons (Fsp3) is 0.571. The molecular weight excluding hydrogens is 272 g/mol. The van der Waals surface area contributed by atoms with E-state index >= 15 is 0 Å². The predicted molar refractivity (Wildman–Crippen MR) is 73.4 cm³/mol. The van der Waals surface area contributed by atoms with Crippen LogP contribution in [0.5, 0.6) is 5.88 Å². The van der Waals surface area contributed by atoms with Gasteiger partial charge in [-0.25, -0.2) is 4.98 Å². The average molecular weight is 290 g/mol. The maximum Gasteiger partial charge on any atom is 0.245 e. The van der Waals surface area contributed by atoms with Crippen molar-refractivity contribution >= 4 is 11.8 Å². The van der Waals surface area contributed by atoms with E-state index in [1.165, 1.54) is 0 Å². The molecule has 7 heteroatoms. The Hall–Kier alpha value is -2.18. The summed E-state index contributed by atoms with van der Waals surface area (Å²) < 4.78 is 5.76. The molecule has 1 aromatic heterocycles. The molecule has 0 spiro atoms. The lowest BCUT2D eigenvalue weighted by Crippen LogP contribution is -2.50. The van der Waals surface area contributed by atoms with Crippen molar-refractivity contribution in [1.29, 1.82) is 0 Å². The second-order valence-corrected chi connectivity index (χ2v) is 5.37. The Bertz CT molecular complexity index is 522. The summed E-state index contributed by atoms with van der Waals surface area (Å²) in [7, 11) is 0. The standard InChI is InChI=1S/C14H18N4O3/c19-12-4-3-11(17-12)14(20)18-7-1-2-10(9-18)21-13-8-15-5-6-16-13/h5-6,8,10-11H,1-4,7,9H2,(H,17,19). The van der Waals surface area contributed by atoms with E-state index in [1.54, 1.807) is 23.5 Å². The highest BCUT2D eigenvalue weighted by molar-refractivity contribution is 5.90. The molecule has 1 N–H and O–H groups in total. The van der Waals surface area contributed by atoms with Crippen molar-refractivity contribution in [1.82, 2.24) is 20.2 Å². The zero-order chi connectivity index (χ0) is 14.7. The van der Waals surface area contributed by atoms with Crippen molar-refractivity contribution in [3.05, 3.63) is 18.6 Å². The van der Waals surface area contributed by atoms with E-state index in [4.69, 9.17) is 4.74 Å². The first-order chi connectivity index (χ1) is 10.2.